The van der Waals surface area contributed by atoms with Gasteiger partial charge >= 0.3 is 0 Å². The Kier molecular flexibility index (Phi) is 4.02. The lowest BCUT2D eigenvalue weighted by Crippen LogP contribution is -2.22. The number of hydrogen-bond donors (Lipinski definition) is 1. The van der Waals surface area contributed by atoms with Crippen molar-refractivity contribution in [1.82, 2.24) is 14.9 Å². The van der Waals surface area contributed by atoms with Crippen molar-refractivity contribution >= 4 is 11.6 Å². The number of hydrogen-bond acceptors (Lipinski definition) is 5. The van der Waals surface area contributed by atoms with Crippen LogP contribution in [-0.2, 0) is 0 Å². The third-order valence-corrected chi connectivity index (χ3v) is 2.78. The van der Waals surface area contributed by atoms with Crippen LogP contribution >= 0.6 is 0 Å². The van der Waals surface area contributed by atoms with Crippen molar-refractivity contribution in [3.05, 3.63) is 41.9 Å². The van der Waals surface area contributed by atoms with E-state index in [2.05, 4.69) is 15.3 Å². The van der Waals surface area contributed by atoms with E-state index in [0.717, 1.165) is 11.4 Å². The minimum Gasteiger partial charge on any atom is -0.444 e. The molecule has 0 aliphatic carbocycles. The van der Waals surface area contributed by atoms with Crippen LogP contribution in [-0.4, -0.2) is 34.9 Å². The van der Waals surface area contributed by atoms with Gasteiger partial charge < -0.3 is 14.6 Å². The fraction of sp³-hybridized carbons (Fsp3) is 0.357. The zero-order valence-corrected chi connectivity index (χ0v) is 12.0. The van der Waals surface area contributed by atoms with E-state index in [1.165, 1.54) is 4.90 Å². The largest absolute Gasteiger partial charge is 0.444 e. The van der Waals surface area contributed by atoms with Gasteiger partial charge in [0, 0.05) is 26.0 Å². The van der Waals surface area contributed by atoms with Gasteiger partial charge in [0.15, 0.2) is 0 Å². The van der Waals surface area contributed by atoms with Gasteiger partial charge in [-0.3, -0.25) is 9.78 Å². The summed E-state index contributed by atoms with van der Waals surface area (Å²) in [4.78, 5) is 21.6. The molecule has 6 heteroatoms. The fourth-order valence-corrected chi connectivity index (χ4v) is 1.75. The number of aryl methyl sites for hydroxylation is 1. The first kappa shape index (κ1) is 14.0. The van der Waals surface area contributed by atoms with Crippen molar-refractivity contribution in [2.24, 2.45) is 0 Å². The van der Waals surface area contributed by atoms with Crippen LogP contribution in [0.2, 0.25) is 0 Å². The highest BCUT2D eigenvalue weighted by Gasteiger charge is 2.13. The molecule has 0 aliphatic rings. The predicted molar refractivity (Wildman–Crippen MR) is 75.5 cm³/mol. The lowest BCUT2D eigenvalue weighted by atomic mass is 10.2. The molecule has 2 rings (SSSR count). The minimum atomic E-state index is -0.131. The van der Waals surface area contributed by atoms with E-state index in [1.54, 1.807) is 38.6 Å². The molecular weight excluding hydrogens is 256 g/mol. The Morgan fingerprint density at radius 1 is 1.40 bits per heavy atom. The summed E-state index contributed by atoms with van der Waals surface area (Å²) in [5, 5.41) is 3.24. The molecule has 1 unspecified atom stereocenters. The van der Waals surface area contributed by atoms with Crippen molar-refractivity contribution in [2.75, 3.05) is 19.4 Å². The number of nitrogens with zero attached hydrogens (tertiary/aromatic N) is 3. The number of oxazole rings is 1. The van der Waals surface area contributed by atoms with Gasteiger partial charge in [-0.25, -0.2) is 4.98 Å². The molecule has 0 fully saturated rings. The van der Waals surface area contributed by atoms with Gasteiger partial charge in [-0.05, 0) is 26.0 Å². The molecule has 0 aromatic carbocycles. The SMILES string of the molecule is Cc1cnc(C(C)Nc2ccnc(C(=O)N(C)C)c2)o1. The molecule has 0 aliphatic heterocycles. The van der Waals surface area contributed by atoms with Crippen LogP contribution in [0.15, 0.2) is 28.9 Å². The minimum absolute atomic E-state index is 0.0894. The average molecular weight is 274 g/mol. The topological polar surface area (TPSA) is 71.3 Å². The van der Waals surface area contributed by atoms with Gasteiger partial charge in [0.2, 0.25) is 5.89 Å². The number of rotatable bonds is 4. The number of aromatic nitrogens is 2. The number of carbonyl (C=O) groups excluding carboxylic acids is 1. The standard InChI is InChI=1S/C14H18N4O2/c1-9-8-16-13(20-9)10(2)17-11-5-6-15-12(7-11)14(19)18(3)4/h5-8,10H,1-4H3,(H,15,17). The highest BCUT2D eigenvalue weighted by molar-refractivity contribution is 5.92. The molecule has 0 radical (unpaired) electrons. The molecule has 0 spiro atoms. The smallest absolute Gasteiger partial charge is 0.272 e. The molecule has 0 saturated carbocycles. The number of anilines is 1. The van der Waals surface area contributed by atoms with E-state index < -0.39 is 0 Å². The first-order chi connectivity index (χ1) is 9.47. The number of carbonyl (C=O) groups is 1. The zero-order valence-electron chi connectivity index (χ0n) is 12.0. The van der Waals surface area contributed by atoms with E-state index in [4.69, 9.17) is 4.42 Å². The summed E-state index contributed by atoms with van der Waals surface area (Å²) in [6, 6.07) is 3.43. The molecule has 0 saturated heterocycles. The average Bonchev–Trinajstić information content (AvgIpc) is 2.85. The van der Waals surface area contributed by atoms with Gasteiger partial charge in [0.25, 0.3) is 5.91 Å². The Balaban J connectivity index is 2.14. The van der Waals surface area contributed by atoms with Crippen molar-refractivity contribution in [3.8, 4) is 0 Å². The predicted octanol–water partition coefficient (Wildman–Crippen LogP) is 2.25. The molecule has 2 aromatic rings. The van der Waals surface area contributed by atoms with Gasteiger partial charge in [0.1, 0.15) is 17.5 Å². The molecule has 106 valence electrons. The van der Waals surface area contributed by atoms with Gasteiger partial charge in [0.05, 0.1) is 6.20 Å². The van der Waals surface area contributed by atoms with Gasteiger partial charge in [-0.15, -0.1) is 0 Å². The lowest BCUT2D eigenvalue weighted by molar-refractivity contribution is 0.0822. The number of amides is 1. The Labute approximate surface area is 117 Å². The maximum absolute atomic E-state index is 11.9. The highest BCUT2D eigenvalue weighted by Crippen LogP contribution is 2.19. The maximum Gasteiger partial charge on any atom is 0.272 e. The van der Waals surface area contributed by atoms with Gasteiger partial charge in [-0.1, -0.05) is 0 Å². The van der Waals surface area contributed by atoms with E-state index in [-0.39, 0.29) is 11.9 Å². The van der Waals surface area contributed by atoms with Gasteiger partial charge in [-0.2, -0.15) is 0 Å². The molecule has 1 N–H and O–H groups in total. The first-order valence-electron chi connectivity index (χ1n) is 6.34. The summed E-state index contributed by atoms with van der Waals surface area (Å²) in [6.45, 7) is 3.79. The van der Waals surface area contributed by atoms with Crippen molar-refractivity contribution in [1.29, 1.82) is 0 Å². The van der Waals surface area contributed by atoms with Crippen molar-refractivity contribution in [2.45, 2.75) is 19.9 Å². The second-order valence-corrected chi connectivity index (χ2v) is 4.80. The van der Waals surface area contributed by atoms with Crippen molar-refractivity contribution < 1.29 is 9.21 Å². The molecule has 0 bridgehead atoms. The molecule has 6 nitrogen and oxygen atoms in total. The third-order valence-electron chi connectivity index (χ3n) is 2.78. The fourth-order valence-electron chi connectivity index (χ4n) is 1.75. The van der Waals surface area contributed by atoms with Crippen LogP contribution in [0.4, 0.5) is 5.69 Å². The third kappa shape index (κ3) is 3.14. The van der Waals surface area contributed by atoms with Crippen LogP contribution in [0, 0.1) is 6.92 Å². The number of pyridine rings is 1. The molecule has 20 heavy (non-hydrogen) atoms. The monoisotopic (exact) mass is 274 g/mol. The van der Waals surface area contributed by atoms with Crippen LogP contribution in [0.1, 0.15) is 35.1 Å². The van der Waals surface area contributed by atoms with Crippen LogP contribution in [0.25, 0.3) is 0 Å². The second-order valence-electron chi connectivity index (χ2n) is 4.80. The number of nitrogens with one attached hydrogen (secondary N) is 1. The molecule has 2 heterocycles. The second kappa shape index (κ2) is 5.73. The summed E-state index contributed by atoms with van der Waals surface area (Å²) in [6.07, 6.45) is 3.29. The molecule has 1 atom stereocenters. The van der Waals surface area contributed by atoms with E-state index in [1.807, 2.05) is 13.8 Å². The molecule has 2 aromatic heterocycles. The lowest BCUT2D eigenvalue weighted by Gasteiger charge is -2.14. The van der Waals surface area contributed by atoms with E-state index in [0.29, 0.717) is 11.6 Å². The molecular formula is C14H18N4O2. The summed E-state index contributed by atoms with van der Waals surface area (Å²) in [7, 11) is 3.39. The normalized spacial score (nSPS) is 12.0. The van der Waals surface area contributed by atoms with E-state index >= 15 is 0 Å². The summed E-state index contributed by atoms with van der Waals surface area (Å²) < 4.78 is 5.47. The Morgan fingerprint density at radius 3 is 2.75 bits per heavy atom. The zero-order chi connectivity index (χ0) is 14.7. The van der Waals surface area contributed by atoms with Crippen LogP contribution in [0.3, 0.4) is 0 Å². The first-order valence-corrected chi connectivity index (χ1v) is 6.34. The summed E-state index contributed by atoms with van der Waals surface area (Å²) >= 11 is 0. The van der Waals surface area contributed by atoms with Crippen molar-refractivity contribution in [3.63, 3.8) is 0 Å². The molecule has 1 amide bonds. The summed E-state index contributed by atoms with van der Waals surface area (Å²) in [5.74, 6) is 1.25. The quantitative estimate of drug-likeness (QED) is 0.925. The van der Waals surface area contributed by atoms with E-state index in [9.17, 15) is 4.79 Å². The highest BCUT2D eigenvalue weighted by atomic mass is 16.4. The Hall–Kier alpha value is -2.37. The summed E-state index contributed by atoms with van der Waals surface area (Å²) in [5.41, 5.74) is 1.20. The van der Waals surface area contributed by atoms with Crippen LogP contribution < -0.4 is 5.32 Å². The van der Waals surface area contributed by atoms with Crippen LogP contribution in [0.5, 0.6) is 0 Å². The Bertz CT molecular complexity index is 607. The Morgan fingerprint density at radius 2 is 2.15 bits per heavy atom. The maximum atomic E-state index is 11.9.